The maximum Gasteiger partial charge on any atom is 0.272 e. The Bertz CT molecular complexity index is 883. The molecule has 0 bridgehead atoms. The molecule has 0 saturated carbocycles. The first-order valence-electron chi connectivity index (χ1n) is 8.46. The number of aromatic nitrogens is 3. The van der Waals surface area contributed by atoms with E-state index in [-0.39, 0.29) is 19.1 Å². The summed E-state index contributed by atoms with van der Waals surface area (Å²) in [5, 5.41) is 13.1. The molecule has 2 heterocycles. The summed E-state index contributed by atoms with van der Waals surface area (Å²) in [6.07, 6.45) is -1.04. The molecule has 0 aliphatic rings. The van der Waals surface area contributed by atoms with Gasteiger partial charge in [-0.25, -0.2) is 18.4 Å². The van der Waals surface area contributed by atoms with Gasteiger partial charge in [-0.05, 0) is 30.3 Å². The summed E-state index contributed by atoms with van der Waals surface area (Å²) in [6, 6.07) is 12.1. The SMILES string of the molecule is COc1ccc(-n2nc(OCC(F)F)cc2-c2ccc(OCCO)cc2)cn1. The standard InChI is InChI=1S/C19H19F2N3O4/c1-26-18-7-4-14(11-22-18)24-16(10-19(23-24)28-12-17(20)21)13-2-5-15(6-3-13)27-9-8-25/h2-7,10-11,17,25H,8-9,12H2,1H3. The number of pyridine rings is 1. The van der Waals surface area contributed by atoms with Crippen molar-refractivity contribution in [3.05, 3.63) is 48.7 Å². The fourth-order valence-corrected chi connectivity index (χ4v) is 2.48. The minimum absolute atomic E-state index is 0.0757. The van der Waals surface area contributed by atoms with E-state index >= 15 is 0 Å². The predicted molar refractivity (Wildman–Crippen MR) is 97.4 cm³/mol. The van der Waals surface area contributed by atoms with Gasteiger partial charge in [-0.15, -0.1) is 5.10 Å². The summed E-state index contributed by atoms with van der Waals surface area (Å²) in [4.78, 5) is 4.15. The summed E-state index contributed by atoms with van der Waals surface area (Å²) in [7, 11) is 1.51. The second-order valence-electron chi connectivity index (χ2n) is 5.64. The summed E-state index contributed by atoms with van der Waals surface area (Å²) >= 11 is 0. The molecule has 2 aromatic heterocycles. The first-order chi connectivity index (χ1) is 13.6. The molecule has 148 valence electrons. The molecule has 0 aliphatic heterocycles. The van der Waals surface area contributed by atoms with Gasteiger partial charge < -0.3 is 19.3 Å². The highest BCUT2D eigenvalue weighted by molar-refractivity contribution is 5.64. The second-order valence-corrected chi connectivity index (χ2v) is 5.64. The topological polar surface area (TPSA) is 78.6 Å². The number of aliphatic hydroxyl groups is 1. The van der Waals surface area contributed by atoms with Crippen LogP contribution in [0, 0.1) is 0 Å². The lowest BCUT2D eigenvalue weighted by molar-refractivity contribution is 0.0794. The van der Waals surface area contributed by atoms with Crippen LogP contribution in [-0.2, 0) is 0 Å². The zero-order valence-electron chi connectivity index (χ0n) is 15.1. The van der Waals surface area contributed by atoms with Crippen molar-refractivity contribution in [2.24, 2.45) is 0 Å². The van der Waals surface area contributed by atoms with E-state index in [0.717, 1.165) is 5.56 Å². The van der Waals surface area contributed by atoms with E-state index in [9.17, 15) is 8.78 Å². The molecular formula is C19H19F2N3O4. The summed E-state index contributed by atoms with van der Waals surface area (Å²) in [6.45, 7) is -0.629. The minimum atomic E-state index is -2.60. The van der Waals surface area contributed by atoms with Gasteiger partial charge >= 0.3 is 0 Å². The third-order valence-corrected chi connectivity index (χ3v) is 3.73. The first kappa shape index (κ1) is 19.6. The molecule has 9 heteroatoms. The average molecular weight is 391 g/mol. The fourth-order valence-electron chi connectivity index (χ4n) is 2.48. The lowest BCUT2D eigenvalue weighted by atomic mass is 10.1. The van der Waals surface area contributed by atoms with Crippen LogP contribution >= 0.6 is 0 Å². The minimum Gasteiger partial charge on any atom is -0.491 e. The predicted octanol–water partition coefficient (Wildman–Crippen LogP) is 2.96. The van der Waals surface area contributed by atoms with Crippen molar-refractivity contribution < 1.29 is 28.1 Å². The second kappa shape index (κ2) is 9.14. The van der Waals surface area contributed by atoms with Crippen LogP contribution in [0.2, 0.25) is 0 Å². The molecule has 0 saturated heterocycles. The van der Waals surface area contributed by atoms with Gasteiger partial charge in [-0.2, -0.15) is 0 Å². The lowest BCUT2D eigenvalue weighted by Crippen LogP contribution is -2.07. The Morgan fingerprint density at radius 3 is 2.46 bits per heavy atom. The Balaban J connectivity index is 1.94. The van der Waals surface area contributed by atoms with Gasteiger partial charge in [0.25, 0.3) is 6.43 Å². The molecule has 3 rings (SSSR count). The molecule has 0 amide bonds. The number of hydrogen-bond acceptors (Lipinski definition) is 6. The maximum absolute atomic E-state index is 12.5. The average Bonchev–Trinajstić information content (AvgIpc) is 3.15. The van der Waals surface area contributed by atoms with E-state index in [2.05, 4.69) is 10.1 Å². The van der Waals surface area contributed by atoms with Crippen molar-refractivity contribution in [2.75, 3.05) is 26.9 Å². The summed E-state index contributed by atoms with van der Waals surface area (Å²) < 4.78 is 42.0. The Kier molecular flexibility index (Phi) is 6.38. The van der Waals surface area contributed by atoms with E-state index in [1.54, 1.807) is 53.3 Å². The highest BCUT2D eigenvalue weighted by Gasteiger charge is 2.15. The largest absolute Gasteiger partial charge is 0.491 e. The molecule has 1 N–H and O–H groups in total. The smallest absolute Gasteiger partial charge is 0.272 e. The van der Waals surface area contributed by atoms with Crippen molar-refractivity contribution >= 4 is 0 Å². The quantitative estimate of drug-likeness (QED) is 0.604. The molecule has 0 spiro atoms. The van der Waals surface area contributed by atoms with Crippen LogP contribution in [-0.4, -0.2) is 53.2 Å². The van der Waals surface area contributed by atoms with Crippen molar-refractivity contribution in [3.8, 4) is 34.5 Å². The fraction of sp³-hybridized carbons (Fsp3) is 0.263. The van der Waals surface area contributed by atoms with Gasteiger partial charge in [0.15, 0.2) is 6.61 Å². The van der Waals surface area contributed by atoms with Gasteiger partial charge in [0.05, 0.1) is 31.3 Å². The van der Waals surface area contributed by atoms with E-state index in [4.69, 9.17) is 19.3 Å². The number of halogens is 2. The molecule has 0 fully saturated rings. The number of aliphatic hydroxyl groups excluding tert-OH is 1. The number of rotatable bonds is 9. The monoisotopic (exact) mass is 391 g/mol. The van der Waals surface area contributed by atoms with Crippen molar-refractivity contribution in [1.29, 1.82) is 0 Å². The number of alkyl halides is 2. The van der Waals surface area contributed by atoms with Crippen LogP contribution in [0.3, 0.4) is 0 Å². The molecule has 28 heavy (non-hydrogen) atoms. The number of nitrogens with zero attached hydrogens (tertiary/aromatic N) is 3. The van der Waals surface area contributed by atoms with Gasteiger partial charge in [0.2, 0.25) is 11.8 Å². The number of hydrogen-bond donors (Lipinski definition) is 1. The van der Waals surface area contributed by atoms with Crippen molar-refractivity contribution in [1.82, 2.24) is 14.8 Å². The third-order valence-electron chi connectivity index (χ3n) is 3.73. The Morgan fingerprint density at radius 1 is 1.07 bits per heavy atom. The Morgan fingerprint density at radius 2 is 1.86 bits per heavy atom. The van der Waals surface area contributed by atoms with Crippen molar-refractivity contribution in [2.45, 2.75) is 6.43 Å². The van der Waals surface area contributed by atoms with Crippen LogP contribution in [0.1, 0.15) is 0 Å². The van der Waals surface area contributed by atoms with Crippen molar-refractivity contribution in [3.63, 3.8) is 0 Å². The van der Waals surface area contributed by atoms with Crippen LogP contribution < -0.4 is 14.2 Å². The zero-order valence-corrected chi connectivity index (χ0v) is 15.1. The van der Waals surface area contributed by atoms with Gasteiger partial charge in [-0.1, -0.05) is 0 Å². The number of ether oxygens (including phenoxy) is 3. The summed E-state index contributed by atoms with van der Waals surface area (Å²) in [5.41, 5.74) is 2.01. The van der Waals surface area contributed by atoms with Gasteiger partial charge in [0, 0.05) is 17.7 Å². The Hall–Kier alpha value is -3.20. The van der Waals surface area contributed by atoms with Gasteiger partial charge in [0.1, 0.15) is 12.4 Å². The highest BCUT2D eigenvalue weighted by atomic mass is 19.3. The number of benzene rings is 1. The molecular weight excluding hydrogens is 372 g/mol. The Labute approximate surface area is 160 Å². The zero-order chi connectivity index (χ0) is 19.9. The normalized spacial score (nSPS) is 10.9. The van der Waals surface area contributed by atoms with E-state index in [1.807, 2.05) is 0 Å². The van der Waals surface area contributed by atoms with E-state index in [1.165, 1.54) is 7.11 Å². The lowest BCUT2D eigenvalue weighted by Gasteiger charge is -2.09. The van der Waals surface area contributed by atoms with Crippen LogP contribution in [0.25, 0.3) is 16.9 Å². The molecule has 3 aromatic rings. The molecule has 0 radical (unpaired) electrons. The maximum atomic E-state index is 12.5. The molecule has 0 unspecified atom stereocenters. The molecule has 1 aromatic carbocycles. The van der Waals surface area contributed by atoms with Crippen LogP contribution in [0.15, 0.2) is 48.7 Å². The first-order valence-corrected chi connectivity index (χ1v) is 8.46. The highest BCUT2D eigenvalue weighted by Crippen LogP contribution is 2.29. The molecule has 0 aliphatic carbocycles. The summed E-state index contributed by atoms with van der Waals surface area (Å²) in [5.74, 6) is 1.12. The van der Waals surface area contributed by atoms with Gasteiger partial charge in [-0.3, -0.25) is 0 Å². The van der Waals surface area contributed by atoms with Crippen LogP contribution in [0.4, 0.5) is 8.78 Å². The third kappa shape index (κ3) is 4.74. The number of methoxy groups -OCH3 is 1. The molecule has 0 atom stereocenters. The van der Waals surface area contributed by atoms with E-state index in [0.29, 0.717) is 23.0 Å². The van der Waals surface area contributed by atoms with E-state index < -0.39 is 13.0 Å². The van der Waals surface area contributed by atoms with Crippen LogP contribution in [0.5, 0.6) is 17.5 Å². The molecule has 7 nitrogen and oxygen atoms in total.